The summed E-state index contributed by atoms with van der Waals surface area (Å²) >= 11 is 0. The second-order valence-corrected chi connectivity index (χ2v) is 3.56. The molecule has 1 N–H and O–H groups in total. The minimum absolute atomic E-state index is 0.351. The van der Waals surface area contributed by atoms with Crippen LogP contribution in [0.2, 0.25) is 0 Å². The molecule has 13 heavy (non-hydrogen) atoms. The van der Waals surface area contributed by atoms with Crippen molar-refractivity contribution in [3.05, 3.63) is 0 Å². The molecule has 1 unspecified atom stereocenters. The lowest BCUT2D eigenvalue weighted by atomic mass is 10.1. The van der Waals surface area contributed by atoms with Gasteiger partial charge in [0, 0.05) is 20.2 Å². The van der Waals surface area contributed by atoms with Gasteiger partial charge in [0.05, 0.1) is 19.3 Å². The normalized spacial score (nSPS) is 13.6. The summed E-state index contributed by atoms with van der Waals surface area (Å²) in [5.74, 6) is 0.596. The Balaban J connectivity index is 3.07. The van der Waals surface area contributed by atoms with E-state index in [1.165, 1.54) is 0 Å². The molecule has 0 aromatic heterocycles. The Morgan fingerprint density at radius 2 is 1.69 bits per heavy atom. The Labute approximate surface area is 81.8 Å². The van der Waals surface area contributed by atoms with Crippen LogP contribution in [0.25, 0.3) is 0 Å². The summed E-state index contributed by atoms with van der Waals surface area (Å²) in [7, 11) is 1.71. The van der Waals surface area contributed by atoms with E-state index < -0.39 is 0 Å². The molecule has 0 aliphatic carbocycles. The van der Waals surface area contributed by atoms with Crippen LogP contribution in [0.15, 0.2) is 0 Å². The molecule has 0 saturated heterocycles. The third-order valence-corrected chi connectivity index (χ3v) is 2.08. The van der Waals surface area contributed by atoms with Gasteiger partial charge >= 0.3 is 0 Å². The zero-order valence-corrected chi connectivity index (χ0v) is 9.30. The molecule has 0 aliphatic heterocycles. The van der Waals surface area contributed by atoms with Crippen LogP contribution in [0.5, 0.6) is 0 Å². The minimum Gasteiger partial charge on any atom is -0.383 e. The molecule has 0 heterocycles. The summed E-state index contributed by atoms with van der Waals surface area (Å²) in [6, 6.07) is 0. The number of rotatable bonds is 8. The molecular weight excluding hydrogens is 166 g/mol. The predicted octanol–water partition coefficient (Wildman–Crippen LogP) is 1.28. The van der Waals surface area contributed by atoms with Crippen LogP contribution in [0.3, 0.4) is 0 Å². The number of nitrogens with one attached hydrogen (secondary N) is 1. The Hall–Kier alpha value is -0.120. The van der Waals surface area contributed by atoms with Crippen molar-refractivity contribution in [1.29, 1.82) is 0 Å². The maximum Gasteiger partial charge on any atom is 0.0594 e. The van der Waals surface area contributed by atoms with Gasteiger partial charge in [-0.05, 0) is 12.8 Å². The van der Waals surface area contributed by atoms with Crippen LogP contribution in [-0.4, -0.2) is 39.5 Å². The van der Waals surface area contributed by atoms with Crippen molar-refractivity contribution < 1.29 is 9.47 Å². The number of methoxy groups -OCH3 is 1. The van der Waals surface area contributed by atoms with Gasteiger partial charge in [0.2, 0.25) is 0 Å². The second-order valence-electron chi connectivity index (χ2n) is 3.56. The quantitative estimate of drug-likeness (QED) is 0.584. The maximum atomic E-state index is 5.58. The fourth-order valence-corrected chi connectivity index (χ4v) is 0.809. The van der Waals surface area contributed by atoms with Gasteiger partial charge in [-0.3, -0.25) is 0 Å². The fourth-order valence-electron chi connectivity index (χ4n) is 0.809. The van der Waals surface area contributed by atoms with Gasteiger partial charge in [-0.15, -0.1) is 0 Å². The summed E-state index contributed by atoms with van der Waals surface area (Å²) in [5, 5.41) is 3.23. The highest BCUT2D eigenvalue weighted by molar-refractivity contribution is 4.55. The highest BCUT2D eigenvalue weighted by Gasteiger charge is 2.05. The summed E-state index contributed by atoms with van der Waals surface area (Å²) in [4.78, 5) is 0. The summed E-state index contributed by atoms with van der Waals surface area (Å²) < 4.78 is 10.5. The molecule has 0 rings (SSSR count). The van der Waals surface area contributed by atoms with Gasteiger partial charge in [0.25, 0.3) is 0 Å². The van der Waals surface area contributed by atoms with Gasteiger partial charge in [0.15, 0.2) is 0 Å². The fraction of sp³-hybridized carbons (Fsp3) is 1.00. The molecule has 0 radical (unpaired) electrons. The average molecular weight is 189 g/mol. The van der Waals surface area contributed by atoms with E-state index >= 15 is 0 Å². The summed E-state index contributed by atoms with van der Waals surface area (Å²) in [6.45, 7) is 9.80. The molecule has 3 nitrogen and oxygen atoms in total. The number of ether oxygens (including phenoxy) is 2. The van der Waals surface area contributed by atoms with Gasteiger partial charge in [-0.2, -0.15) is 0 Å². The topological polar surface area (TPSA) is 30.5 Å². The standard InChI is InChI=1S/C10H23NO2/c1-9(2)10(3)13-8-6-11-5-7-12-4/h9-11H,5-8H2,1-4H3. The largest absolute Gasteiger partial charge is 0.383 e. The molecule has 0 fully saturated rings. The van der Waals surface area contributed by atoms with Crippen molar-refractivity contribution in [2.75, 3.05) is 33.4 Å². The molecule has 0 spiro atoms. The first kappa shape index (κ1) is 12.9. The molecule has 0 aliphatic rings. The molecule has 1 atom stereocenters. The van der Waals surface area contributed by atoms with Crippen LogP contribution in [0.1, 0.15) is 20.8 Å². The van der Waals surface area contributed by atoms with E-state index in [0.29, 0.717) is 12.0 Å². The third kappa shape index (κ3) is 8.22. The molecule has 3 heteroatoms. The zero-order valence-electron chi connectivity index (χ0n) is 9.30. The highest BCUT2D eigenvalue weighted by atomic mass is 16.5. The first-order valence-electron chi connectivity index (χ1n) is 4.99. The van der Waals surface area contributed by atoms with Gasteiger partial charge < -0.3 is 14.8 Å². The predicted molar refractivity (Wildman–Crippen MR) is 55.0 cm³/mol. The van der Waals surface area contributed by atoms with Crippen molar-refractivity contribution >= 4 is 0 Å². The van der Waals surface area contributed by atoms with Crippen LogP contribution in [0.4, 0.5) is 0 Å². The van der Waals surface area contributed by atoms with Crippen LogP contribution in [-0.2, 0) is 9.47 Å². The van der Waals surface area contributed by atoms with E-state index in [0.717, 1.165) is 26.3 Å². The van der Waals surface area contributed by atoms with E-state index in [1.807, 2.05) is 0 Å². The molecule has 0 amide bonds. The molecule has 0 aromatic carbocycles. The Kier molecular flexibility index (Phi) is 8.40. The van der Waals surface area contributed by atoms with Crippen LogP contribution >= 0.6 is 0 Å². The second kappa shape index (κ2) is 8.48. The van der Waals surface area contributed by atoms with Crippen molar-refractivity contribution in [2.45, 2.75) is 26.9 Å². The summed E-state index contributed by atoms with van der Waals surface area (Å²) in [5.41, 5.74) is 0. The van der Waals surface area contributed by atoms with Crippen LogP contribution < -0.4 is 5.32 Å². The van der Waals surface area contributed by atoms with E-state index in [9.17, 15) is 0 Å². The van der Waals surface area contributed by atoms with Crippen molar-refractivity contribution in [1.82, 2.24) is 5.32 Å². The minimum atomic E-state index is 0.351. The Morgan fingerprint density at radius 1 is 1.08 bits per heavy atom. The molecular formula is C10H23NO2. The molecule has 0 saturated carbocycles. The maximum absolute atomic E-state index is 5.58. The van der Waals surface area contributed by atoms with E-state index in [4.69, 9.17) is 9.47 Å². The van der Waals surface area contributed by atoms with Crippen LogP contribution in [0, 0.1) is 5.92 Å². The SMILES string of the molecule is COCCNCCOC(C)C(C)C. The zero-order chi connectivity index (χ0) is 10.1. The lowest BCUT2D eigenvalue weighted by Crippen LogP contribution is -2.26. The lowest BCUT2D eigenvalue weighted by molar-refractivity contribution is 0.0368. The monoisotopic (exact) mass is 189 g/mol. The highest BCUT2D eigenvalue weighted by Crippen LogP contribution is 2.03. The third-order valence-electron chi connectivity index (χ3n) is 2.08. The van der Waals surface area contributed by atoms with Gasteiger partial charge in [0.1, 0.15) is 0 Å². The van der Waals surface area contributed by atoms with Crippen molar-refractivity contribution in [3.8, 4) is 0 Å². The average Bonchev–Trinajstić information content (AvgIpc) is 2.10. The molecule has 80 valence electrons. The Morgan fingerprint density at radius 3 is 2.23 bits per heavy atom. The number of hydrogen-bond acceptors (Lipinski definition) is 3. The first-order valence-corrected chi connectivity index (χ1v) is 4.99. The van der Waals surface area contributed by atoms with E-state index in [1.54, 1.807) is 7.11 Å². The smallest absolute Gasteiger partial charge is 0.0594 e. The van der Waals surface area contributed by atoms with Gasteiger partial charge in [-0.25, -0.2) is 0 Å². The lowest BCUT2D eigenvalue weighted by Gasteiger charge is -2.16. The van der Waals surface area contributed by atoms with E-state index in [-0.39, 0.29) is 0 Å². The van der Waals surface area contributed by atoms with Gasteiger partial charge in [-0.1, -0.05) is 13.8 Å². The summed E-state index contributed by atoms with van der Waals surface area (Å²) in [6.07, 6.45) is 0.351. The molecule has 0 bridgehead atoms. The van der Waals surface area contributed by atoms with E-state index in [2.05, 4.69) is 26.1 Å². The molecule has 0 aromatic rings. The van der Waals surface area contributed by atoms with Crippen molar-refractivity contribution in [3.63, 3.8) is 0 Å². The number of hydrogen-bond donors (Lipinski definition) is 1. The van der Waals surface area contributed by atoms with Crippen molar-refractivity contribution in [2.24, 2.45) is 5.92 Å². The Bertz CT molecular complexity index is 107. The first-order chi connectivity index (χ1) is 6.18.